The van der Waals surface area contributed by atoms with Gasteiger partial charge in [-0.1, -0.05) is 6.92 Å². The lowest BCUT2D eigenvalue weighted by molar-refractivity contribution is -0.0454. The van der Waals surface area contributed by atoms with Crippen LogP contribution in [0.25, 0.3) is 0 Å². The molecule has 0 amide bonds. The first-order valence-electron chi connectivity index (χ1n) is 10.1. The molecular formula is C19H37N3O2. The molecule has 24 heavy (non-hydrogen) atoms. The van der Waals surface area contributed by atoms with E-state index in [0.717, 1.165) is 64.9 Å². The van der Waals surface area contributed by atoms with Gasteiger partial charge in [-0.3, -0.25) is 4.90 Å². The lowest BCUT2D eigenvalue weighted by Gasteiger charge is -2.42. The van der Waals surface area contributed by atoms with Crippen LogP contribution in [-0.4, -0.2) is 97.0 Å². The summed E-state index contributed by atoms with van der Waals surface area (Å²) in [5, 5.41) is 10.5. The Balaban J connectivity index is 1.34. The molecule has 1 N–H and O–H groups in total. The Kier molecular flexibility index (Phi) is 6.93. The van der Waals surface area contributed by atoms with Gasteiger partial charge in [0.2, 0.25) is 0 Å². The number of aliphatic hydroxyl groups excluding tert-OH is 1. The number of likely N-dealkylation sites (tertiary alicyclic amines) is 2. The zero-order valence-electron chi connectivity index (χ0n) is 15.7. The fourth-order valence-electron chi connectivity index (χ4n) is 4.54. The van der Waals surface area contributed by atoms with Crippen LogP contribution in [0.5, 0.6) is 0 Å². The Labute approximate surface area is 147 Å². The van der Waals surface area contributed by atoms with Crippen LogP contribution in [-0.2, 0) is 4.74 Å². The molecule has 0 aromatic carbocycles. The summed E-state index contributed by atoms with van der Waals surface area (Å²) >= 11 is 0. The first-order chi connectivity index (χ1) is 11.6. The van der Waals surface area contributed by atoms with Gasteiger partial charge >= 0.3 is 0 Å². The zero-order chi connectivity index (χ0) is 16.9. The molecule has 2 unspecified atom stereocenters. The van der Waals surface area contributed by atoms with E-state index >= 15 is 0 Å². The Morgan fingerprint density at radius 1 is 0.917 bits per heavy atom. The molecule has 3 rings (SSSR count). The number of morpholine rings is 1. The van der Waals surface area contributed by atoms with Gasteiger partial charge in [-0.15, -0.1) is 0 Å². The second kappa shape index (κ2) is 8.95. The number of hydrogen-bond donors (Lipinski definition) is 1. The van der Waals surface area contributed by atoms with Crippen LogP contribution in [0.3, 0.4) is 0 Å². The number of hydrogen-bond acceptors (Lipinski definition) is 5. The molecule has 140 valence electrons. The minimum absolute atomic E-state index is 0.196. The Morgan fingerprint density at radius 2 is 1.50 bits per heavy atom. The average molecular weight is 340 g/mol. The van der Waals surface area contributed by atoms with Crippen LogP contribution in [0.4, 0.5) is 0 Å². The molecule has 0 spiro atoms. The fourth-order valence-corrected chi connectivity index (χ4v) is 4.54. The monoisotopic (exact) mass is 339 g/mol. The van der Waals surface area contributed by atoms with Crippen LogP contribution in [0.15, 0.2) is 0 Å². The van der Waals surface area contributed by atoms with Gasteiger partial charge in [0, 0.05) is 32.2 Å². The van der Waals surface area contributed by atoms with E-state index in [4.69, 9.17) is 4.74 Å². The van der Waals surface area contributed by atoms with Gasteiger partial charge in [0.25, 0.3) is 0 Å². The normalized spacial score (nSPS) is 31.4. The molecule has 0 saturated carbocycles. The van der Waals surface area contributed by atoms with E-state index in [1.165, 1.54) is 25.7 Å². The van der Waals surface area contributed by atoms with E-state index in [1.807, 2.05) is 0 Å². The summed E-state index contributed by atoms with van der Waals surface area (Å²) in [5.41, 5.74) is 0. The fraction of sp³-hybridized carbons (Fsp3) is 1.00. The molecule has 3 fully saturated rings. The maximum atomic E-state index is 10.5. The predicted octanol–water partition coefficient (Wildman–Crippen LogP) is 1.26. The standard InChI is InChI=1S/C19H37N3O2/c1-16-3-7-20(8-4-16)14-19(23)15-21-9-5-18(6-10-21)22-11-12-24-17(2)13-22/h16-19,23H,3-15H2,1-2H3. The van der Waals surface area contributed by atoms with Gasteiger partial charge in [-0.05, 0) is 64.7 Å². The first kappa shape index (κ1) is 18.6. The van der Waals surface area contributed by atoms with E-state index in [1.54, 1.807) is 0 Å². The molecule has 0 aliphatic carbocycles. The molecule has 0 aromatic heterocycles. The van der Waals surface area contributed by atoms with Crippen molar-refractivity contribution in [2.45, 2.75) is 57.8 Å². The van der Waals surface area contributed by atoms with E-state index < -0.39 is 0 Å². The third-order valence-electron chi connectivity index (χ3n) is 6.16. The Bertz CT molecular complexity index is 366. The maximum absolute atomic E-state index is 10.5. The maximum Gasteiger partial charge on any atom is 0.0793 e. The molecule has 3 aliphatic rings. The highest BCUT2D eigenvalue weighted by Gasteiger charge is 2.28. The van der Waals surface area contributed by atoms with Crippen LogP contribution >= 0.6 is 0 Å². The van der Waals surface area contributed by atoms with Gasteiger partial charge in [0.15, 0.2) is 0 Å². The highest BCUT2D eigenvalue weighted by molar-refractivity contribution is 4.84. The lowest BCUT2D eigenvalue weighted by atomic mass is 9.99. The van der Waals surface area contributed by atoms with Crippen molar-refractivity contribution in [2.24, 2.45) is 5.92 Å². The van der Waals surface area contributed by atoms with Gasteiger partial charge in [0.1, 0.15) is 0 Å². The second-order valence-electron chi connectivity index (χ2n) is 8.35. The number of aliphatic hydroxyl groups is 1. The minimum atomic E-state index is -0.196. The highest BCUT2D eigenvalue weighted by atomic mass is 16.5. The quantitative estimate of drug-likeness (QED) is 0.817. The minimum Gasteiger partial charge on any atom is -0.390 e. The summed E-state index contributed by atoms with van der Waals surface area (Å²) in [6, 6.07) is 0.716. The third-order valence-corrected chi connectivity index (χ3v) is 6.16. The van der Waals surface area contributed by atoms with Crippen molar-refractivity contribution in [3.63, 3.8) is 0 Å². The molecule has 5 nitrogen and oxygen atoms in total. The molecule has 0 bridgehead atoms. The number of nitrogens with zero attached hydrogens (tertiary/aromatic N) is 3. The van der Waals surface area contributed by atoms with Crippen molar-refractivity contribution in [1.82, 2.24) is 14.7 Å². The summed E-state index contributed by atoms with van der Waals surface area (Å²) in [7, 11) is 0. The molecule has 5 heteroatoms. The number of β-amino-alcohol motifs (C(OH)–C–C–N with tert-alkyl or cyclic N) is 1. The van der Waals surface area contributed by atoms with Crippen molar-refractivity contribution in [1.29, 1.82) is 0 Å². The molecule has 0 radical (unpaired) electrons. The molecule has 2 atom stereocenters. The van der Waals surface area contributed by atoms with E-state index in [-0.39, 0.29) is 6.10 Å². The second-order valence-corrected chi connectivity index (χ2v) is 8.35. The SMILES string of the molecule is CC1CCN(CC(O)CN2CCC(N3CCOC(C)C3)CC2)CC1. The van der Waals surface area contributed by atoms with Gasteiger partial charge in [0.05, 0.1) is 18.8 Å². The van der Waals surface area contributed by atoms with Crippen molar-refractivity contribution in [3.8, 4) is 0 Å². The van der Waals surface area contributed by atoms with Gasteiger partial charge in [-0.25, -0.2) is 0 Å². The topological polar surface area (TPSA) is 39.2 Å². The predicted molar refractivity (Wildman–Crippen MR) is 97.3 cm³/mol. The average Bonchev–Trinajstić information content (AvgIpc) is 2.58. The number of piperidine rings is 2. The van der Waals surface area contributed by atoms with E-state index in [9.17, 15) is 5.11 Å². The summed E-state index contributed by atoms with van der Waals surface area (Å²) in [5.74, 6) is 0.861. The summed E-state index contributed by atoms with van der Waals surface area (Å²) in [4.78, 5) is 7.54. The molecule has 3 heterocycles. The van der Waals surface area contributed by atoms with E-state index in [0.29, 0.717) is 12.1 Å². The summed E-state index contributed by atoms with van der Waals surface area (Å²) in [6.45, 7) is 13.9. The molecule has 3 saturated heterocycles. The van der Waals surface area contributed by atoms with Crippen LogP contribution in [0.1, 0.15) is 39.5 Å². The van der Waals surface area contributed by atoms with Crippen molar-refractivity contribution in [3.05, 3.63) is 0 Å². The molecule has 3 aliphatic heterocycles. The summed E-state index contributed by atoms with van der Waals surface area (Å²) < 4.78 is 5.66. The van der Waals surface area contributed by atoms with Gasteiger partial charge < -0.3 is 19.6 Å². The summed E-state index contributed by atoms with van der Waals surface area (Å²) in [6.07, 6.45) is 5.23. The first-order valence-corrected chi connectivity index (χ1v) is 10.1. The highest BCUT2D eigenvalue weighted by Crippen LogP contribution is 2.20. The zero-order valence-corrected chi connectivity index (χ0v) is 15.7. The van der Waals surface area contributed by atoms with Crippen LogP contribution < -0.4 is 0 Å². The van der Waals surface area contributed by atoms with Crippen molar-refractivity contribution >= 4 is 0 Å². The smallest absolute Gasteiger partial charge is 0.0793 e. The Hall–Kier alpha value is -0.200. The van der Waals surface area contributed by atoms with Crippen LogP contribution in [0, 0.1) is 5.92 Å². The lowest BCUT2D eigenvalue weighted by Crippen LogP contribution is -2.52. The van der Waals surface area contributed by atoms with E-state index in [2.05, 4.69) is 28.5 Å². The van der Waals surface area contributed by atoms with Crippen molar-refractivity contribution < 1.29 is 9.84 Å². The van der Waals surface area contributed by atoms with Gasteiger partial charge in [-0.2, -0.15) is 0 Å². The number of ether oxygens (including phenoxy) is 1. The number of rotatable bonds is 5. The molecule has 0 aromatic rings. The largest absolute Gasteiger partial charge is 0.390 e. The Morgan fingerprint density at radius 3 is 2.08 bits per heavy atom. The van der Waals surface area contributed by atoms with Crippen molar-refractivity contribution in [2.75, 3.05) is 59.0 Å². The third kappa shape index (κ3) is 5.40. The van der Waals surface area contributed by atoms with Crippen LogP contribution in [0.2, 0.25) is 0 Å². The molecular weight excluding hydrogens is 302 g/mol.